The van der Waals surface area contributed by atoms with Crippen molar-refractivity contribution in [2.45, 2.75) is 25.8 Å². The molecule has 0 aliphatic heterocycles. The Morgan fingerprint density at radius 3 is 2.36 bits per heavy atom. The summed E-state index contributed by atoms with van der Waals surface area (Å²) in [7, 11) is 0. The molecule has 0 unspecified atom stereocenters. The maximum absolute atomic E-state index is 12.3. The molecular weight excluding hydrogens is 334 g/mol. The van der Waals surface area contributed by atoms with E-state index in [0.717, 1.165) is 28.6 Å². The third-order valence-electron chi connectivity index (χ3n) is 3.75. The first kappa shape index (κ1) is 18.3. The smallest absolute Gasteiger partial charge is 0.234 e. The lowest BCUT2D eigenvalue weighted by atomic mass is 10.1. The van der Waals surface area contributed by atoms with Crippen molar-refractivity contribution in [2.24, 2.45) is 0 Å². The summed E-state index contributed by atoms with van der Waals surface area (Å²) in [4.78, 5) is 16.4. The van der Waals surface area contributed by atoms with E-state index in [0.29, 0.717) is 10.6 Å². The first-order valence-electron chi connectivity index (χ1n) is 7.48. The maximum Gasteiger partial charge on any atom is 0.234 e. The number of para-hydroxylation sites is 1. The highest BCUT2D eigenvalue weighted by Crippen LogP contribution is 2.28. The lowest BCUT2D eigenvalue weighted by Gasteiger charge is -2.12. The summed E-state index contributed by atoms with van der Waals surface area (Å²) in [6.45, 7) is 5.50. The molecule has 2 rings (SSSR count). The average Bonchev–Trinajstić information content (AvgIpc) is 2.56. The van der Waals surface area contributed by atoms with Crippen LogP contribution >= 0.6 is 11.8 Å². The van der Waals surface area contributed by atoms with Gasteiger partial charge in [-0.25, -0.2) is 4.98 Å². The van der Waals surface area contributed by atoms with Crippen LogP contribution in [0.25, 0.3) is 0 Å². The predicted octanol–water partition coefficient (Wildman–Crippen LogP) is 3.06. The van der Waals surface area contributed by atoms with Crippen molar-refractivity contribution < 1.29 is 4.79 Å². The summed E-state index contributed by atoms with van der Waals surface area (Å²) in [6.07, 6.45) is 0. The summed E-state index contributed by atoms with van der Waals surface area (Å²) in [5.74, 6) is -0.0504. The van der Waals surface area contributed by atoms with Crippen LogP contribution in [0.4, 0.5) is 11.5 Å². The van der Waals surface area contributed by atoms with Crippen LogP contribution in [0.2, 0.25) is 0 Å². The Labute approximate surface area is 150 Å². The number of nitrogens with two attached hydrogens (primary N) is 1. The van der Waals surface area contributed by atoms with Gasteiger partial charge in [-0.1, -0.05) is 30.0 Å². The molecule has 0 aliphatic rings. The Kier molecular flexibility index (Phi) is 5.63. The van der Waals surface area contributed by atoms with Crippen LogP contribution in [0, 0.1) is 43.4 Å². The third kappa shape index (κ3) is 3.90. The van der Waals surface area contributed by atoms with Crippen LogP contribution in [-0.4, -0.2) is 16.6 Å². The van der Waals surface area contributed by atoms with E-state index in [1.54, 1.807) is 6.92 Å². The Bertz CT molecular complexity index is 904. The largest absolute Gasteiger partial charge is 0.383 e. The number of carbonyl (C=O) groups is 1. The molecule has 0 bridgehead atoms. The second-order valence-electron chi connectivity index (χ2n) is 5.50. The van der Waals surface area contributed by atoms with E-state index in [-0.39, 0.29) is 28.6 Å². The molecule has 0 saturated heterocycles. The predicted molar refractivity (Wildman–Crippen MR) is 98.1 cm³/mol. The second kappa shape index (κ2) is 7.69. The number of rotatable bonds is 4. The first-order valence-corrected chi connectivity index (χ1v) is 8.46. The molecule has 0 fully saturated rings. The van der Waals surface area contributed by atoms with E-state index in [9.17, 15) is 10.1 Å². The molecule has 0 saturated carbocycles. The number of nitrogen functional groups attached to an aromatic ring is 1. The van der Waals surface area contributed by atoms with Gasteiger partial charge in [0.15, 0.2) is 0 Å². The lowest BCUT2D eigenvalue weighted by Crippen LogP contribution is -2.16. The van der Waals surface area contributed by atoms with Gasteiger partial charge in [-0.3, -0.25) is 4.79 Å². The minimum absolute atomic E-state index is 0.0663. The van der Waals surface area contributed by atoms with E-state index in [1.165, 1.54) is 0 Å². The average molecular weight is 351 g/mol. The summed E-state index contributed by atoms with van der Waals surface area (Å²) >= 11 is 1.12. The van der Waals surface area contributed by atoms with E-state index >= 15 is 0 Å². The minimum atomic E-state index is -0.200. The van der Waals surface area contributed by atoms with Crippen LogP contribution in [-0.2, 0) is 4.79 Å². The SMILES string of the molecule is Cc1cccc(C)c1NC(=O)CSc1nc(N)c(C#N)c(C)c1C#N. The van der Waals surface area contributed by atoms with Gasteiger partial charge in [0.1, 0.15) is 23.0 Å². The Hall–Kier alpha value is -3.03. The van der Waals surface area contributed by atoms with Gasteiger partial charge in [-0.2, -0.15) is 10.5 Å². The highest BCUT2D eigenvalue weighted by Gasteiger charge is 2.17. The van der Waals surface area contributed by atoms with Gasteiger partial charge in [0.05, 0.1) is 16.9 Å². The molecule has 3 N–H and O–H groups in total. The van der Waals surface area contributed by atoms with Gasteiger partial charge in [0.2, 0.25) is 5.91 Å². The fourth-order valence-electron chi connectivity index (χ4n) is 2.40. The molecule has 126 valence electrons. The summed E-state index contributed by atoms with van der Waals surface area (Å²) in [5.41, 5.74) is 9.47. The van der Waals surface area contributed by atoms with Gasteiger partial charge >= 0.3 is 0 Å². The number of nitrogens with one attached hydrogen (secondary N) is 1. The number of thioether (sulfide) groups is 1. The summed E-state index contributed by atoms with van der Waals surface area (Å²) < 4.78 is 0. The molecule has 6 nitrogen and oxygen atoms in total. The standard InChI is InChI=1S/C18H17N5OS/c1-10-5-4-6-11(2)16(10)22-15(24)9-25-18-14(8-20)12(3)13(7-19)17(21)23-18/h4-6H,9H2,1-3H3,(H2,21,23)(H,22,24). The number of aromatic nitrogens is 1. The number of amides is 1. The monoisotopic (exact) mass is 351 g/mol. The number of carbonyl (C=O) groups excluding carboxylic acids is 1. The maximum atomic E-state index is 12.3. The van der Waals surface area contributed by atoms with Crippen LogP contribution in [0.5, 0.6) is 0 Å². The topological polar surface area (TPSA) is 116 Å². The van der Waals surface area contributed by atoms with Crippen LogP contribution < -0.4 is 11.1 Å². The molecule has 25 heavy (non-hydrogen) atoms. The highest BCUT2D eigenvalue weighted by atomic mass is 32.2. The Balaban J connectivity index is 2.18. The zero-order valence-corrected chi connectivity index (χ0v) is 15.0. The van der Waals surface area contributed by atoms with E-state index in [4.69, 9.17) is 11.0 Å². The van der Waals surface area contributed by atoms with Crippen molar-refractivity contribution in [3.8, 4) is 12.1 Å². The van der Waals surface area contributed by atoms with Gasteiger partial charge in [0.25, 0.3) is 0 Å². The number of nitrogens with zero attached hydrogens (tertiary/aromatic N) is 3. The van der Waals surface area contributed by atoms with Crippen molar-refractivity contribution >= 4 is 29.2 Å². The second-order valence-corrected chi connectivity index (χ2v) is 6.47. The number of anilines is 2. The molecular formula is C18H17N5OS. The van der Waals surface area contributed by atoms with Crippen molar-refractivity contribution in [3.05, 3.63) is 46.0 Å². The van der Waals surface area contributed by atoms with Gasteiger partial charge in [0, 0.05) is 5.69 Å². The number of benzene rings is 1. The molecule has 0 atom stereocenters. The Morgan fingerprint density at radius 1 is 1.20 bits per heavy atom. The van der Waals surface area contributed by atoms with E-state index in [2.05, 4.69) is 10.3 Å². The number of hydrogen-bond donors (Lipinski definition) is 2. The van der Waals surface area contributed by atoms with Crippen molar-refractivity contribution in [2.75, 3.05) is 16.8 Å². The highest BCUT2D eigenvalue weighted by molar-refractivity contribution is 8.00. The molecule has 0 aliphatic carbocycles. The number of nitriles is 2. The van der Waals surface area contributed by atoms with Crippen molar-refractivity contribution in [1.29, 1.82) is 10.5 Å². The molecule has 1 aromatic carbocycles. The van der Waals surface area contributed by atoms with E-state index in [1.807, 2.05) is 44.2 Å². The quantitative estimate of drug-likeness (QED) is 0.818. The molecule has 1 heterocycles. The van der Waals surface area contributed by atoms with Crippen LogP contribution in [0.3, 0.4) is 0 Å². The van der Waals surface area contributed by atoms with Crippen LogP contribution in [0.1, 0.15) is 27.8 Å². The van der Waals surface area contributed by atoms with Gasteiger partial charge in [-0.05, 0) is 37.5 Å². The Morgan fingerprint density at radius 2 is 1.80 bits per heavy atom. The third-order valence-corrected chi connectivity index (χ3v) is 4.73. The van der Waals surface area contributed by atoms with E-state index < -0.39 is 0 Å². The lowest BCUT2D eigenvalue weighted by molar-refractivity contribution is -0.113. The first-order chi connectivity index (χ1) is 11.9. The summed E-state index contributed by atoms with van der Waals surface area (Å²) in [5, 5.41) is 21.7. The fourth-order valence-corrected chi connectivity index (χ4v) is 3.24. The molecule has 1 amide bonds. The minimum Gasteiger partial charge on any atom is -0.383 e. The number of aryl methyl sites for hydroxylation is 2. The zero-order valence-electron chi connectivity index (χ0n) is 14.2. The number of hydrogen-bond acceptors (Lipinski definition) is 6. The molecule has 7 heteroatoms. The molecule has 2 aromatic rings. The number of pyridine rings is 1. The molecule has 0 spiro atoms. The molecule has 1 aromatic heterocycles. The van der Waals surface area contributed by atoms with Crippen LogP contribution in [0.15, 0.2) is 23.2 Å². The van der Waals surface area contributed by atoms with Gasteiger partial charge < -0.3 is 11.1 Å². The zero-order chi connectivity index (χ0) is 18.6. The van der Waals surface area contributed by atoms with Gasteiger partial charge in [-0.15, -0.1) is 0 Å². The van der Waals surface area contributed by atoms with Crippen molar-refractivity contribution in [3.63, 3.8) is 0 Å². The summed E-state index contributed by atoms with van der Waals surface area (Å²) in [6, 6.07) is 9.77. The normalized spacial score (nSPS) is 9.96. The fraction of sp³-hybridized carbons (Fsp3) is 0.222. The molecule has 0 radical (unpaired) electrons. The van der Waals surface area contributed by atoms with Crippen molar-refractivity contribution in [1.82, 2.24) is 4.98 Å².